The Hall–Kier alpha value is -1.92. The molecule has 4 nitrogen and oxygen atoms in total. The van der Waals surface area contributed by atoms with Crippen LogP contribution in [0.5, 0.6) is 5.75 Å². The first kappa shape index (κ1) is 14.0. The standard InChI is InChI=1S/C15H10BrNO3S/c1-19-11-6-7-13-12(8-11)14(21)17(15(18)20-13)10-4-2-9(16)3-5-10/h2-8H,1H3. The van der Waals surface area contributed by atoms with E-state index in [0.29, 0.717) is 27.0 Å². The first-order chi connectivity index (χ1) is 10.1. The smallest absolute Gasteiger partial charge is 0.425 e. The fourth-order valence-corrected chi connectivity index (χ4v) is 2.65. The molecule has 0 saturated carbocycles. The van der Waals surface area contributed by atoms with Crippen LogP contribution < -0.4 is 10.5 Å². The van der Waals surface area contributed by atoms with Crippen molar-refractivity contribution in [1.82, 2.24) is 4.57 Å². The molecule has 0 atom stereocenters. The molecule has 106 valence electrons. The maximum absolute atomic E-state index is 12.2. The monoisotopic (exact) mass is 363 g/mol. The van der Waals surface area contributed by atoms with Crippen molar-refractivity contribution in [3.05, 3.63) is 62.1 Å². The zero-order valence-corrected chi connectivity index (χ0v) is 13.4. The van der Waals surface area contributed by atoms with E-state index < -0.39 is 5.76 Å². The van der Waals surface area contributed by atoms with E-state index in [9.17, 15) is 4.79 Å². The highest BCUT2D eigenvalue weighted by Gasteiger charge is 2.09. The summed E-state index contributed by atoms with van der Waals surface area (Å²) in [5.41, 5.74) is 1.10. The Bertz CT molecular complexity index is 928. The van der Waals surface area contributed by atoms with Gasteiger partial charge >= 0.3 is 5.76 Å². The van der Waals surface area contributed by atoms with Gasteiger partial charge in [0, 0.05) is 4.47 Å². The number of methoxy groups -OCH3 is 1. The van der Waals surface area contributed by atoms with Crippen LogP contribution in [-0.4, -0.2) is 11.7 Å². The summed E-state index contributed by atoms with van der Waals surface area (Å²) in [7, 11) is 1.58. The highest BCUT2D eigenvalue weighted by molar-refractivity contribution is 9.10. The highest BCUT2D eigenvalue weighted by Crippen LogP contribution is 2.22. The predicted molar refractivity (Wildman–Crippen MR) is 86.9 cm³/mol. The van der Waals surface area contributed by atoms with Gasteiger partial charge in [-0.2, -0.15) is 0 Å². The summed E-state index contributed by atoms with van der Waals surface area (Å²) in [6.45, 7) is 0. The minimum Gasteiger partial charge on any atom is -0.497 e. The van der Waals surface area contributed by atoms with Crippen molar-refractivity contribution in [3.63, 3.8) is 0 Å². The molecule has 0 N–H and O–H groups in total. The van der Waals surface area contributed by atoms with Crippen LogP contribution in [0.3, 0.4) is 0 Å². The molecule has 0 unspecified atom stereocenters. The van der Waals surface area contributed by atoms with Crippen molar-refractivity contribution in [2.45, 2.75) is 0 Å². The third-order valence-corrected chi connectivity index (χ3v) is 4.02. The van der Waals surface area contributed by atoms with Crippen LogP contribution in [0, 0.1) is 4.64 Å². The molecular formula is C15H10BrNO3S. The molecule has 0 bridgehead atoms. The second-order valence-corrected chi connectivity index (χ2v) is 5.65. The molecule has 3 rings (SSSR count). The van der Waals surface area contributed by atoms with Gasteiger partial charge in [-0.25, -0.2) is 9.36 Å². The van der Waals surface area contributed by atoms with E-state index in [1.54, 1.807) is 37.4 Å². The molecule has 0 aliphatic carbocycles. The third-order valence-electron chi connectivity index (χ3n) is 3.08. The lowest BCUT2D eigenvalue weighted by molar-refractivity contribution is 0.414. The van der Waals surface area contributed by atoms with Gasteiger partial charge in [-0.15, -0.1) is 0 Å². The van der Waals surface area contributed by atoms with Gasteiger partial charge in [0.2, 0.25) is 0 Å². The molecule has 0 radical (unpaired) electrons. The Labute approximate surface area is 133 Å². The van der Waals surface area contributed by atoms with Gasteiger partial charge in [-0.05, 0) is 42.5 Å². The molecule has 1 heterocycles. The summed E-state index contributed by atoms with van der Waals surface area (Å²) in [6.07, 6.45) is 0. The first-order valence-electron chi connectivity index (χ1n) is 6.10. The lowest BCUT2D eigenvalue weighted by atomic mass is 10.2. The number of benzene rings is 2. The molecule has 0 saturated heterocycles. The largest absolute Gasteiger partial charge is 0.497 e. The topological polar surface area (TPSA) is 44.4 Å². The van der Waals surface area contributed by atoms with E-state index in [2.05, 4.69) is 15.9 Å². The van der Waals surface area contributed by atoms with E-state index in [1.807, 2.05) is 12.1 Å². The molecule has 0 fully saturated rings. The zero-order chi connectivity index (χ0) is 15.0. The Balaban J connectivity index is 2.35. The summed E-state index contributed by atoms with van der Waals surface area (Å²) in [6, 6.07) is 12.4. The normalized spacial score (nSPS) is 10.8. The van der Waals surface area contributed by atoms with Crippen LogP contribution in [-0.2, 0) is 0 Å². The average Bonchev–Trinajstić information content (AvgIpc) is 2.49. The van der Waals surface area contributed by atoms with Gasteiger partial charge in [-0.3, -0.25) is 0 Å². The van der Waals surface area contributed by atoms with Crippen molar-refractivity contribution in [3.8, 4) is 11.4 Å². The number of ether oxygens (including phenoxy) is 1. The van der Waals surface area contributed by atoms with Gasteiger partial charge < -0.3 is 9.15 Å². The molecule has 21 heavy (non-hydrogen) atoms. The van der Waals surface area contributed by atoms with Crippen LogP contribution >= 0.6 is 28.1 Å². The second kappa shape index (κ2) is 5.46. The van der Waals surface area contributed by atoms with Crippen LogP contribution in [0.1, 0.15) is 0 Å². The maximum Gasteiger partial charge on any atom is 0.425 e. The number of rotatable bonds is 2. The number of hydrogen-bond acceptors (Lipinski definition) is 4. The van der Waals surface area contributed by atoms with Gasteiger partial charge in [0.15, 0.2) is 0 Å². The number of fused-ring (bicyclic) bond motifs is 1. The molecule has 1 aromatic heterocycles. The van der Waals surface area contributed by atoms with Gasteiger partial charge in [0.05, 0.1) is 18.2 Å². The fraction of sp³-hybridized carbons (Fsp3) is 0.0667. The number of nitrogens with zero attached hydrogens (tertiary/aromatic N) is 1. The summed E-state index contributed by atoms with van der Waals surface area (Å²) in [5, 5.41) is 0.659. The maximum atomic E-state index is 12.2. The summed E-state index contributed by atoms with van der Waals surface area (Å²) in [4.78, 5) is 12.2. The van der Waals surface area contributed by atoms with Crippen molar-refractivity contribution >= 4 is 39.1 Å². The molecule has 0 spiro atoms. The van der Waals surface area contributed by atoms with Gasteiger partial charge in [-0.1, -0.05) is 28.1 Å². The quantitative estimate of drug-likeness (QED) is 0.643. The average molecular weight is 364 g/mol. The Morgan fingerprint density at radius 3 is 2.57 bits per heavy atom. The van der Waals surface area contributed by atoms with E-state index in [0.717, 1.165) is 4.47 Å². The Morgan fingerprint density at radius 2 is 1.90 bits per heavy atom. The molecule has 0 aliphatic rings. The van der Waals surface area contributed by atoms with E-state index in [1.165, 1.54) is 4.57 Å². The van der Waals surface area contributed by atoms with E-state index in [-0.39, 0.29) is 0 Å². The summed E-state index contributed by atoms with van der Waals surface area (Å²) in [5.74, 6) is 0.143. The Morgan fingerprint density at radius 1 is 1.19 bits per heavy atom. The minimum absolute atomic E-state index is 0.391. The first-order valence-corrected chi connectivity index (χ1v) is 7.30. The fourth-order valence-electron chi connectivity index (χ4n) is 2.05. The SMILES string of the molecule is COc1ccc2oc(=O)n(-c3ccc(Br)cc3)c(=S)c2c1. The molecule has 0 amide bonds. The van der Waals surface area contributed by atoms with Crippen LogP contribution in [0.4, 0.5) is 0 Å². The van der Waals surface area contributed by atoms with Gasteiger partial charge in [0.25, 0.3) is 0 Å². The van der Waals surface area contributed by atoms with Crippen molar-refractivity contribution in [1.29, 1.82) is 0 Å². The van der Waals surface area contributed by atoms with Crippen LogP contribution in [0.25, 0.3) is 16.7 Å². The highest BCUT2D eigenvalue weighted by atomic mass is 79.9. The van der Waals surface area contributed by atoms with Gasteiger partial charge in [0.1, 0.15) is 16.0 Å². The number of halogens is 1. The molecular weight excluding hydrogens is 354 g/mol. The minimum atomic E-state index is -0.514. The predicted octanol–water partition coefficient (Wildman–Crippen LogP) is 4.08. The molecule has 3 aromatic rings. The summed E-state index contributed by atoms with van der Waals surface area (Å²) < 4.78 is 13.2. The van der Waals surface area contributed by atoms with E-state index in [4.69, 9.17) is 21.4 Å². The van der Waals surface area contributed by atoms with Crippen molar-refractivity contribution < 1.29 is 9.15 Å². The molecule has 2 aromatic carbocycles. The second-order valence-electron chi connectivity index (χ2n) is 4.35. The molecule has 0 aliphatic heterocycles. The van der Waals surface area contributed by atoms with Crippen LogP contribution in [0.2, 0.25) is 0 Å². The van der Waals surface area contributed by atoms with Crippen molar-refractivity contribution in [2.75, 3.05) is 7.11 Å². The Kier molecular flexibility index (Phi) is 3.65. The lowest BCUT2D eigenvalue weighted by Gasteiger charge is -2.08. The lowest BCUT2D eigenvalue weighted by Crippen LogP contribution is -2.17. The molecule has 6 heteroatoms. The van der Waals surface area contributed by atoms with Crippen molar-refractivity contribution in [2.24, 2.45) is 0 Å². The summed E-state index contributed by atoms with van der Waals surface area (Å²) >= 11 is 8.80. The third kappa shape index (κ3) is 2.52. The van der Waals surface area contributed by atoms with E-state index >= 15 is 0 Å². The van der Waals surface area contributed by atoms with Crippen LogP contribution in [0.15, 0.2) is 56.1 Å². The number of hydrogen-bond donors (Lipinski definition) is 0. The number of aromatic nitrogens is 1. The zero-order valence-electron chi connectivity index (χ0n) is 11.0.